The molecule has 20 heavy (non-hydrogen) atoms. The predicted octanol–water partition coefficient (Wildman–Crippen LogP) is 2.27. The molecule has 0 aromatic heterocycles. The number of carbonyl (C=O) groups is 2. The van der Waals surface area contributed by atoms with Crippen LogP contribution in [0.15, 0.2) is 0 Å². The van der Waals surface area contributed by atoms with Crippen molar-refractivity contribution in [3.63, 3.8) is 0 Å². The summed E-state index contributed by atoms with van der Waals surface area (Å²) >= 11 is 0. The molecule has 6 nitrogen and oxygen atoms in total. The molecule has 0 aromatic rings. The Kier molecular flexibility index (Phi) is 5.02. The lowest BCUT2D eigenvalue weighted by Gasteiger charge is -2.40. The van der Waals surface area contributed by atoms with Gasteiger partial charge < -0.3 is 19.5 Å². The molecule has 116 valence electrons. The first-order chi connectivity index (χ1) is 9.06. The van der Waals surface area contributed by atoms with Crippen LogP contribution in [0.25, 0.3) is 0 Å². The molecular weight excluding hydrogens is 262 g/mol. The van der Waals surface area contributed by atoms with Gasteiger partial charge in [0.15, 0.2) is 5.60 Å². The summed E-state index contributed by atoms with van der Waals surface area (Å²) in [6.45, 7) is 9.44. The van der Waals surface area contributed by atoms with Gasteiger partial charge in [0.2, 0.25) is 0 Å². The molecule has 1 saturated heterocycles. The summed E-state index contributed by atoms with van der Waals surface area (Å²) in [6, 6.07) is 0. The lowest BCUT2D eigenvalue weighted by molar-refractivity contribution is -0.180. The minimum absolute atomic E-state index is 0.0232. The maximum atomic E-state index is 12.1. The van der Waals surface area contributed by atoms with Crippen molar-refractivity contribution >= 4 is 12.1 Å². The van der Waals surface area contributed by atoms with Gasteiger partial charge in [0.25, 0.3) is 0 Å². The summed E-state index contributed by atoms with van der Waals surface area (Å²) in [4.78, 5) is 25.0. The molecule has 1 atom stereocenters. The molecule has 0 aromatic carbocycles. The third kappa shape index (κ3) is 4.37. The van der Waals surface area contributed by atoms with Crippen LogP contribution in [0.3, 0.4) is 0 Å². The Bertz CT molecular complexity index is 374. The lowest BCUT2D eigenvalue weighted by Crippen LogP contribution is -2.57. The van der Waals surface area contributed by atoms with Gasteiger partial charge in [-0.3, -0.25) is 0 Å². The summed E-state index contributed by atoms with van der Waals surface area (Å²) in [5.74, 6) is -1.03. The molecule has 0 bridgehead atoms. The summed E-state index contributed by atoms with van der Waals surface area (Å²) < 4.78 is 10.9. The molecule has 1 aliphatic rings. The van der Waals surface area contributed by atoms with E-state index in [0.29, 0.717) is 19.4 Å². The van der Waals surface area contributed by atoms with E-state index >= 15 is 0 Å². The predicted molar refractivity (Wildman–Crippen MR) is 73.6 cm³/mol. The maximum absolute atomic E-state index is 12.1. The molecule has 1 fully saturated rings. The molecule has 0 aliphatic carbocycles. The fourth-order valence-corrected chi connectivity index (χ4v) is 2.28. The zero-order chi connectivity index (χ0) is 15.6. The van der Waals surface area contributed by atoms with Crippen LogP contribution in [-0.2, 0) is 14.3 Å². The van der Waals surface area contributed by atoms with Gasteiger partial charge in [-0.2, -0.15) is 0 Å². The molecule has 0 radical (unpaired) electrons. The van der Waals surface area contributed by atoms with Crippen molar-refractivity contribution < 1.29 is 24.2 Å². The Morgan fingerprint density at radius 1 is 1.30 bits per heavy atom. The number of likely N-dealkylation sites (tertiary alicyclic amines) is 1. The zero-order valence-corrected chi connectivity index (χ0v) is 12.9. The average Bonchev–Trinajstić information content (AvgIpc) is 2.25. The first-order valence-corrected chi connectivity index (χ1v) is 6.95. The zero-order valence-electron chi connectivity index (χ0n) is 12.9. The topological polar surface area (TPSA) is 76.1 Å². The highest BCUT2D eigenvalue weighted by atomic mass is 16.6. The van der Waals surface area contributed by atoms with Crippen LogP contribution in [-0.4, -0.2) is 52.5 Å². The Morgan fingerprint density at radius 3 is 2.35 bits per heavy atom. The number of aliphatic carboxylic acids is 1. The number of nitrogens with zero attached hydrogens (tertiary/aromatic N) is 1. The molecule has 0 spiro atoms. The Balaban J connectivity index is 2.82. The van der Waals surface area contributed by atoms with E-state index in [1.807, 2.05) is 0 Å². The van der Waals surface area contributed by atoms with Crippen LogP contribution < -0.4 is 0 Å². The number of rotatable bonds is 3. The van der Waals surface area contributed by atoms with Gasteiger partial charge in [0.1, 0.15) is 5.60 Å². The van der Waals surface area contributed by atoms with Crippen LogP contribution in [0.5, 0.6) is 0 Å². The first kappa shape index (κ1) is 16.8. The van der Waals surface area contributed by atoms with E-state index in [2.05, 4.69) is 0 Å². The van der Waals surface area contributed by atoms with Gasteiger partial charge >= 0.3 is 12.1 Å². The maximum Gasteiger partial charge on any atom is 0.410 e. The van der Waals surface area contributed by atoms with Crippen LogP contribution in [0.1, 0.15) is 47.5 Å². The first-order valence-electron chi connectivity index (χ1n) is 6.95. The number of carboxylic acid groups (broad SMARTS) is 1. The van der Waals surface area contributed by atoms with Crippen LogP contribution in [0.2, 0.25) is 0 Å². The minimum atomic E-state index is -1.33. The van der Waals surface area contributed by atoms with Crippen molar-refractivity contribution in [2.75, 3.05) is 13.1 Å². The molecule has 6 heteroatoms. The van der Waals surface area contributed by atoms with Gasteiger partial charge in [-0.05, 0) is 47.5 Å². The molecule has 1 aliphatic heterocycles. The molecule has 1 rings (SSSR count). The van der Waals surface area contributed by atoms with Gasteiger partial charge in [-0.1, -0.05) is 0 Å². The number of hydrogen-bond acceptors (Lipinski definition) is 4. The van der Waals surface area contributed by atoms with Crippen LogP contribution in [0, 0.1) is 0 Å². The minimum Gasteiger partial charge on any atom is -0.479 e. The highest BCUT2D eigenvalue weighted by Crippen LogP contribution is 2.28. The molecule has 1 unspecified atom stereocenters. The second-order valence-corrected chi connectivity index (χ2v) is 6.47. The molecule has 1 N–H and O–H groups in total. The van der Waals surface area contributed by atoms with E-state index in [0.717, 1.165) is 0 Å². The van der Waals surface area contributed by atoms with E-state index in [-0.39, 0.29) is 12.6 Å². The van der Waals surface area contributed by atoms with Crippen molar-refractivity contribution in [1.82, 2.24) is 4.90 Å². The smallest absolute Gasteiger partial charge is 0.410 e. The highest BCUT2D eigenvalue weighted by molar-refractivity contribution is 5.79. The van der Waals surface area contributed by atoms with Crippen LogP contribution >= 0.6 is 0 Å². The van der Waals surface area contributed by atoms with Crippen LogP contribution in [0.4, 0.5) is 4.79 Å². The van der Waals surface area contributed by atoms with Crippen molar-refractivity contribution in [3.05, 3.63) is 0 Å². The van der Waals surface area contributed by atoms with Gasteiger partial charge in [0.05, 0.1) is 12.6 Å². The Morgan fingerprint density at radius 2 is 1.90 bits per heavy atom. The van der Waals surface area contributed by atoms with E-state index < -0.39 is 23.3 Å². The van der Waals surface area contributed by atoms with E-state index in [9.17, 15) is 14.7 Å². The number of hydrogen-bond donors (Lipinski definition) is 1. The number of amides is 1. The third-order valence-electron chi connectivity index (χ3n) is 2.96. The molecule has 0 saturated carbocycles. The van der Waals surface area contributed by atoms with E-state index in [1.165, 1.54) is 4.90 Å². The number of ether oxygens (including phenoxy) is 2. The van der Waals surface area contributed by atoms with E-state index in [1.54, 1.807) is 34.6 Å². The molecule has 1 amide bonds. The molecular formula is C14H25NO5. The fraction of sp³-hybridized carbons (Fsp3) is 0.857. The average molecular weight is 287 g/mol. The Labute approximate surface area is 120 Å². The quantitative estimate of drug-likeness (QED) is 0.861. The van der Waals surface area contributed by atoms with E-state index in [4.69, 9.17) is 9.47 Å². The summed E-state index contributed by atoms with van der Waals surface area (Å²) in [5, 5.41) is 9.47. The number of piperidine rings is 1. The summed E-state index contributed by atoms with van der Waals surface area (Å²) in [6.07, 6.45) is 0.276. The Hall–Kier alpha value is -1.30. The van der Waals surface area contributed by atoms with Crippen molar-refractivity contribution in [2.45, 2.75) is 64.8 Å². The standard InChI is InChI=1S/C14H25NO5/c1-10(2)19-14(11(16)17)7-6-8-15(9-14)12(18)20-13(3,4)5/h10H,6-9H2,1-5H3,(H,16,17). The third-order valence-corrected chi connectivity index (χ3v) is 2.96. The van der Waals surface area contributed by atoms with Gasteiger partial charge in [0, 0.05) is 6.54 Å². The molecule has 1 heterocycles. The van der Waals surface area contributed by atoms with Crippen molar-refractivity contribution in [2.24, 2.45) is 0 Å². The van der Waals surface area contributed by atoms with Crippen molar-refractivity contribution in [3.8, 4) is 0 Å². The number of carbonyl (C=O) groups excluding carboxylic acids is 1. The normalized spacial score (nSPS) is 23.8. The summed E-state index contributed by atoms with van der Waals surface area (Å²) in [7, 11) is 0. The second-order valence-electron chi connectivity index (χ2n) is 6.47. The monoisotopic (exact) mass is 287 g/mol. The SMILES string of the molecule is CC(C)OC1(C(=O)O)CCCN(C(=O)OC(C)(C)C)C1. The largest absolute Gasteiger partial charge is 0.479 e. The van der Waals surface area contributed by atoms with Gasteiger partial charge in [-0.15, -0.1) is 0 Å². The number of carboxylic acids is 1. The van der Waals surface area contributed by atoms with Crippen molar-refractivity contribution in [1.29, 1.82) is 0 Å². The fourth-order valence-electron chi connectivity index (χ4n) is 2.28. The summed E-state index contributed by atoms with van der Waals surface area (Å²) in [5.41, 5.74) is -1.93. The lowest BCUT2D eigenvalue weighted by atomic mass is 9.92. The van der Waals surface area contributed by atoms with Gasteiger partial charge in [-0.25, -0.2) is 9.59 Å². The second kappa shape index (κ2) is 5.99. The highest BCUT2D eigenvalue weighted by Gasteiger charge is 2.46.